The first-order valence-corrected chi connectivity index (χ1v) is 7.31. The number of amides is 3. The fourth-order valence-electron chi connectivity index (χ4n) is 2.44. The largest absolute Gasteiger partial charge is 0.495 e. The third-order valence-electron chi connectivity index (χ3n) is 3.92. The van der Waals surface area contributed by atoms with Gasteiger partial charge < -0.3 is 20.7 Å². The van der Waals surface area contributed by atoms with Gasteiger partial charge in [0.25, 0.3) is 0 Å². The molecule has 0 saturated carbocycles. The average molecular weight is 319 g/mol. The van der Waals surface area contributed by atoms with Gasteiger partial charge in [0, 0.05) is 13.0 Å². The van der Waals surface area contributed by atoms with E-state index in [0.717, 1.165) is 0 Å². The van der Waals surface area contributed by atoms with Crippen LogP contribution in [0, 0.1) is 5.92 Å². The van der Waals surface area contributed by atoms with Crippen LogP contribution in [0.4, 0.5) is 5.69 Å². The number of methoxy groups -OCH3 is 1. The van der Waals surface area contributed by atoms with Gasteiger partial charge in [-0.15, -0.1) is 0 Å². The lowest BCUT2D eigenvalue weighted by molar-refractivity contribution is -0.132. The number of nitrogens with one attached hydrogen (secondary N) is 1. The summed E-state index contributed by atoms with van der Waals surface area (Å²) in [7, 11) is 1.53. The summed E-state index contributed by atoms with van der Waals surface area (Å²) >= 11 is 0. The monoisotopic (exact) mass is 319 g/mol. The summed E-state index contributed by atoms with van der Waals surface area (Å²) in [5.41, 5.74) is 4.73. The van der Waals surface area contributed by atoms with Gasteiger partial charge in [-0.05, 0) is 26.0 Å². The molecule has 124 valence electrons. The number of anilines is 1. The van der Waals surface area contributed by atoms with E-state index in [1.807, 2.05) is 6.07 Å². The molecule has 3 amide bonds. The first kappa shape index (κ1) is 16.8. The summed E-state index contributed by atoms with van der Waals surface area (Å²) in [6.45, 7) is 3.30. The van der Waals surface area contributed by atoms with Crippen LogP contribution in [-0.4, -0.2) is 36.9 Å². The Morgan fingerprint density at radius 3 is 2.61 bits per heavy atom. The third-order valence-corrected chi connectivity index (χ3v) is 3.92. The van der Waals surface area contributed by atoms with Crippen molar-refractivity contribution in [3.63, 3.8) is 0 Å². The maximum Gasteiger partial charge on any atom is 0.242 e. The number of hydrogen-bond acceptors (Lipinski definition) is 4. The molecule has 2 rings (SSSR count). The van der Waals surface area contributed by atoms with Crippen molar-refractivity contribution >= 4 is 23.4 Å². The molecule has 23 heavy (non-hydrogen) atoms. The van der Waals surface area contributed by atoms with Gasteiger partial charge in [-0.3, -0.25) is 14.4 Å². The van der Waals surface area contributed by atoms with E-state index in [2.05, 4.69) is 5.32 Å². The molecule has 3 N–H and O–H groups in total. The zero-order chi connectivity index (χ0) is 17.2. The first-order chi connectivity index (χ1) is 10.8. The standard InChI is InChI=1S/C16H21N3O4/c1-16(2,15(17)22)18-14(21)10-8-13(20)19(9-10)11-6-4-5-7-12(11)23-3/h4-7,10H,8-9H2,1-3H3,(H2,17,22)(H,18,21). The van der Waals surface area contributed by atoms with Crippen molar-refractivity contribution in [2.24, 2.45) is 11.7 Å². The molecule has 0 radical (unpaired) electrons. The van der Waals surface area contributed by atoms with E-state index in [1.165, 1.54) is 25.9 Å². The van der Waals surface area contributed by atoms with Gasteiger partial charge >= 0.3 is 0 Å². The minimum absolute atomic E-state index is 0.0821. The Morgan fingerprint density at radius 2 is 2.00 bits per heavy atom. The van der Waals surface area contributed by atoms with Crippen LogP contribution in [0.1, 0.15) is 20.3 Å². The lowest BCUT2D eigenvalue weighted by Gasteiger charge is -2.24. The number of ether oxygens (including phenoxy) is 1. The molecule has 0 aromatic heterocycles. The number of hydrogen-bond donors (Lipinski definition) is 2. The highest BCUT2D eigenvalue weighted by molar-refractivity contribution is 6.02. The molecule has 1 heterocycles. The summed E-state index contributed by atoms with van der Waals surface area (Å²) in [6.07, 6.45) is 0.0821. The molecule has 0 spiro atoms. The Hall–Kier alpha value is -2.57. The van der Waals surface area contributed by atoms with Gasteiger partial charge in [-0.25, -0.2) is 0 Å². The molecule has 1 saturated heterocycles. The van der Waals surface area contributed by atoms with E-state index in [1.54, 1.807) is 18.2 Å². The summed E-state index contributed by atoms with van der Waals surface area (Å²) in [6, 6.07) is 7.13. The number of para-hydroxylation sites is 2. The molecule has 1 atom stereocenters. The van der Waals surface area contributed by atoms with Gasteiger partial charge in [-0.2, -0.15) is 0 Å². The Morgan fingerprint density at radius 1 is 1.35 bits per heavy atom. The Kier molecular flexibility index (Phi) is 4.58. The van der Waals surface area contributed by atoms with Crippen molar-refractivity contribution < 1.29 is 19.1 Å². The van der Waals surface area contributed by atoms with Crippen LogP contribution in [-0.2, 0) is 14.4 Å². The van der Waals surface area contributed by atoms with E-state index in [9.17, 15) is 14.4 Å². The second-order valence-electron chi connectivity index (χ2n) is 6.06. The minimum Gasteiger partial charge on any atom is -0.495 e. The second kappa shape index (κ2) is 6.28. The van der Waals surface area contributed by atoms with E-state index in [-0.39, 0.29) is 24.8 Å². The van der Waals surface area contributed by atoms with Crippen LogP contribution in [0.2, 0.25) is 0 Å². The highest BCUT2D eigenvalue weighted by Crippen LogP contribution is 2.32. The van der Waals surface area contributed by atoms with E-state index < -0.39 is 17.4 Å². The van der Waals surface area contributed by atoms with Crippen LogP contribution in [0.3, 0.4) is 0 Å². The lowest BCUT2D eigenvalue weighted by Crippen LogP contribution is -2.54. The molecule has 0 aliphatic carbocycles. The smallest absolute Gasteiger partial charge is 0.242 e. The van der Waals surface area contributed by atoms with Crippen LogP contribution in [0.15, 0.2) is 24.3 Å². The number of nitrogens with zero attached hydrogens (tertiary/aromatic N) is 1. The predicted octanol–water partition coefficient (Wildman–Crippen LogP) is 0.428. The van der Waals surface area contributed by atoms with Crippen LogP contribution >= 0.6 is 0 Å². The highest BCUT2D eigenvalue weighted by Gasteiger charge is 2.38. The van der Waals surface area contributed by atoms with Crippen molar-refractivity contribution in [3.8, 4) is 5.75 Å². The average Bonchev–Trinajstić information content (AvgIpc) is 2.88. The SMILES string of the molecule is COc1ccccc1N1CC(C(=O)NC(C)(C)C(N)=O)CC1=O. The van der Waals surface area contributed by atoms with Gasteiger partial charge in [0.05, 0.1) is 18.7 Å². The molecule has 7 heteroatoms. The molecule has 1 fully saturated rings. The number of carbonyl (C=O) groups excluding carboxylic acids is 3. The van der Waals surface area contributed by atoms with Crippen molar-refractivity contribution in [1.29, 1.82) is 0 Å². The summed E-state index contributed by atoms with van der Waals surface area (Å²) < 4.78 is 5.26. The molecule has 1 aliphatic heterocycles. The highest BCUT2D eigenvalue weighted by atomic mass is 16.5. The van der Waals surface area contributed by atoms with Crippen LogP contribution in [0.25, 0.3) is 0 Å². The first-order valence-electron chi connectivity index (χ1n) is 7.31. The van der Waals surface area contributed by atoms with Gasteiger partial charge in [0.2, 0.25) is 17.7 Å². The molecule has 1 unspecified atom stereocenters. The number of nitrogens with two attached hydrogens (primary N) is 1. The number of benzene rings is 1. The molecular weight excluding hydrogens is 298 g/mol. The maximum absolute atomic E-state index is 12.3. The predicted molar refractivity (Wildman–Crippen MR) is 84.9 cm³/mol. The van der Waals surface area contributed by atoms with E-state index >= 15 is 0 Å². The quantitative estimate of drug-likeness (QED) is 0.821. The Labute approximate surface area is 134 Å². The molecular formula is C16H21N3O4. The van der Waals surface area contributed by atoms with E-state index in [0.29, 0.717) is 11.4 Å². The summed E-state index contributed by atoms with van der Waals surface area (Å²) in [4.78, 5) is 37.4. The topological polar surface area (TPSA) is 102 Å². The number of rotatable bonds is 5. The molecule has 1 aliphatic rings. The Balaban J connectivity index is 2.14. The number of carbonyl (C=O) groups is 3. The van der Waals surface area contributed by atoms with Crippen molar-refractivity contribution in [3.05, 3.63) is 24.3 Å². The maximum atomic E-state index is 12.3. The Bertz CT molecular complexity index is 642. The molecule has 0 bridgehead atoms. The molecule has 1 aromatic carbocycles. The van der Waals surface area contributed by atoms with Crippen LogP contribution in [0.5, 0.6) is 5.75 Å². The zero-order valence-electron chi connectivity index (χ0n) is 13.5. The van der Waals surface area contributed by atoms with E-state index in [4.69, 9.17) is 10.5 Å². The molecule has 1 aromatic rings. The van der Waals surface area contributed by atoms with Gasteiger partial charge in [-0.1, -0.05) is 12.1 Å². The fraction of sp³-hybridized carbons (Fsp3) is 0.438. The van der Waals surface area contributed by atoms with Gasteiger partial charge in [0.15, 0.2) is 0 Å². The van der Waals surface area contributed by atoms with Crippen LogP contribution < -0.4 is 20.7 Å². The molecule has 7 nitrogen and oxygen atoms in total. The lowest BCUT2D eigenvalue weighted by atomic mass is 10.0. The second-order valence-corrected chi connectivity index (χ2v) is 6.06. The summed E-state index contributed by atoms with van der Waals surface area (Å²) in [5, 5.41) is 2.60. The normalized spacial score (nSPS) is 18.0. The van der Waals surface area contributed by atoms with Crippen molar-refractivity contribution in [2.75, 3.05) is 18.6 Å². The van der Waals surface area contributed by atoms with Crippen molar-refractivity contribution in [2.45, 2.75) is 25.8 Å². The summed E-state index contributed by atoms with van der Waals surface area (Å²) in [5.74, 6) is -1.12. The van der Waals surface area contributed by atoms with Gasteiger partial charge in [0.1, 0.15) is 11.3 Å². The minimum atomic E-state index is -1.15. The number of primary amides is 1. The van der Waals surface area contributed by atoms with Crippen molar-refractivity contribution in [1.82, 2.24) is 5.32 Å². The third kappa shape index (κ3) is 3.44. The fourth-order valence-corrected chi connectivity index (χ4v) is 2.44. The zero-order valence-corrected chi connectivity index (χ0v) is 13.5.